The first-order valence-corrected chi connectivity index (χ1v) is 15.2. The predicted molar refractivity (Wildman–Crippen MR) is 185 cm³/mol. The minimum atomic E-state index is -0.00668. The molecule has 0 heterocycles. The SMILES string of the molecule is CC1(C)c2ccccc2-c2ccc(-c3ccc4ccc(-c5cc6c7ccccc7ccc6c6ccccc56)cc4c3)cc21. The molecule has 202 valence electrons. The van der Waals surface area contributed by atoms with Gasteiger partial charge in [-0.25, -0.2) is 0 Å². The van der Waals surface area contributed by atoms with Gasteiger partial charge in [-0.05, 0) is 112 Å². The Bertz CT molecular complexity index is 2420. The van der Waals surface area contributed by atoms with E-state index in [9.17, 15) is 0 Å². The van der Waals surface area contributed by atoms with Crippen LogP contribution in [0.3, 0.4) is 0 Å². The topological polar surface area (TPSA) is 0 Å². The zero-order chi connectivity index (χ0) is 28.7. The van der Waals surface area contributed by atoms with Crippen molar-refractivity contribution in [3.63, 3.8) is 0 Å². The molecular formula is C43H30. The molecule has 0 heteroatoms. The maximum absolute atomic E-state index is 2.42. The minimum absolute atomic E-state index is 0.00668. The molecule has 0 unspecified atom stereocenters. The van der Waals surface area contributed by atoms with Crippen LogP contribution in [0.2, 0.25) is 0 Å². The Balaban J connectivity index is 1.22. The third kappa shape index (κ3) is 3.57. The number of benzene rings is 8. The molecule has 0 nitrogen and oxygen atoms in total. The molecule has 0 bridgehead atoms. The summed E-state index contributed by atoms with van der Waals surface area (Å²) in [5.41, 5.74) is 10.6. The van der Waals surface area contributed by atoms with Gasteiger partial charge in [-0.1, -0.05) is 135 Å². The molecule has 9 rings (SSSR count). The predicted octanol–water partition coefficient (Wildman–Crippen LogP) is 11.9. The molecule has 0 aliphatic heterocycles. The molecule has 8 aromatic rings. The van der Waals surface area contributed by atoms with E-state index in [0.29, 0.717) is 0 Å². The van der Waals surface area contributed by atoms with Crippen molar-refractivity contribution in [1.29, 1.82) is 0 Å². The lowest BCUT2D eigenvalue weighted by molar-refractivity contribution is 0.660. The summed E-state index contributed by atoms with van der Waals surface area (Å²) in [5, 5.41) is 10.3. The average Bonchev–Trinajstić information content (AvgIpc) is 3.29. The Morgan fingerprint density at radius 1 is 0.326 bits per heavy atom. The molecule has 0 atom stereocenters. The van der Waals surface area contributed by atoms with Gasteiger partial charge in [-0.15, -0.1) is 0 Å². The molecule has 0 amide bonds. The molecule has 0 saturated heterocycles. The van der Waals surface area contributed by atoms with Gasteiger partial charge in [0, 0.05) is 5.41 Å². The highest BCUT2D eigenvalue weighted by Crippen LogP contribution is 2.49. The summed E-state index contributed by atoms with van der Waals surface area (Å²) in [6, 6.07) is 54.3. The highest BCUT2D eigenvalue weighted by atomic mass is 14.4. The smallest absolute Gasteiger partial charge is 0.0159 e. The first-order valence-electron chi connectivity index (χ1n) is 15.2. The molecule has 1 aliphatic rings. The van der Waals surface area contributed by atoms with Crippen molar-refractivity contribution in [1.82, 2.24) is 0 Å². The Hall–Kier alpha value is -5.20. The van der Waals surface area contributed by atoms with Crippen molar-refractivity contribution in [3.8, 4) is 33.4 Å². The lowest BCUT2D eigenvalue weighted by Crippen LogP contribution is -2.14. The molecule has 0 N–H and O–H groups in total. The van der Waals surface area contributed by atoms with Crippen LogP contribution in [0.1, 0.15) is 25.0 Å². The largest absolute Gasteiger partial charge is 0.0619 e. The van der Waals surface area contributed by atoms with Gasteiger partial charge >= 0.3 is 0 Å². The maximum Gasteiger partial charge on any atom is 0.0159 e. The van der Waals surface area contributed by atoms with Crippen molar-refractivity contribution >= 4 is 43.1 Å². The van der Waals surface area contributed by atoms with Gasteiger partial charge in [0.25, 0.3) is 0 Å². The molecular weight excluding hydrogens is 516 g/mol. The summed E-state index contributed by atoms with van der Waals surface area (Å²) in [6.45, 7) is 4.70. The third-order valence-electron chi connectivity index (χ3n) is 9.83. The second-order valence-corrected chi connectivity index (χ2v) is 12.6. The highest BCUT2D eigenvalue weighted by molar-refractivity contribution is 6.21. The number of rotatable bonds is 2. The Labute approximate surface area is 251 Å². The van der Waals surface area contributed by atoms with Crippen molar-refractivity contribution in [3.05, 3.63) is 157 Å². The summed E-state index contributed by atoms with van der Waals surface area (Å²) >= 11 is 0. The van der Waals surface area contributed by atoms with Crippen LogP contribution < -0.4 is 0 Å². The van der Waals surface area contributed by atoms with Crippen LogP contribution in [0.25, 0.3) is 76.5 Å². The third-order valence-corrected chi connectivity index (χ3v) is 9.83. The Kier molecular flexibility index (Phi) is 5.05. The second-order valence-electron chi connectivity index (χ2n) is 12.6. The van der Waals surface area contributed by atoms with E-state index in [0.717, 1.165) is 0 Å². The lowest BCUT2D eigenvalue weighted by atomic mass is 9.81. The summed E-state index contributed by atoms with van der Waals surface area (Å²) in [7, 11) is 0. The standard InChI is InChI=1S/C43H30/c1-43(2)41-14-8-7-13-37(41)38-22-20-30(25-42(38)43)29-17-15-27-16-18-31(24-32(27)23-29)39-26-40-33-10-4-3-9-28(33)19-21-36(40)34-11-5-6-12-35(34)39/h3-26H,1-2H3. The van der Waals surface area contributed by atoms with Crippen molar-refractivity contribution in [2.75, 3.05) is 0 Å². The van der Waals surface area contributed by atoms with Crippen molar-refractivity contribution in [2.45, 2.75) is 19.3 Å². The second kappa shape index (κ2) is 8.90. The molecule has 0 aromatic heterocycles. The first kappa shape index (κ1) is 24.4. The number of hydrogen-bond donors (Lipinski definition) is 0. The van der Waals surface area contributed by atoms with E-state index in [2.05, 4.69) is 159 Å². The van der Waals surface area contributed by atoms with E-state index in [1.54, 1.807) is 0 Å². The fourth-order valence-corrected chi connectivity index (χ4v) is 7.58. The Morgan fingerprint density at radius 2 is 0.930 bits per heavy atom. The van der Waals surface area contributed by atoms with Crippen LogP contribution in [0.4, 0.5) is 0 Å². The van der Waals surface area contributed by atoms with E-state index in [1.807, 2.05) is 0 Å². The number of fused-ring (bicyclic) bond motifs is 9. The van der Waals surface area contributed by atoms with Crippen LogP contribution >= 0.6 is 0 Å². The summed E-state index contributed by atoms with van der Waals surface area (Å²) in [6.07, 6.45) is 0. The zero-order valence-electron chi connectivity index (χ0n) is 24.4. The normalized spacial score (nSPS) is 13.5. The monoisotopic (exact) mass is 546 g/mol. The highest BCUT2D eigenvalue weighted by Gasteiger charge is 2.35. The van der Waals surface area contributed by atoms with Gasteiger partial charge in [0.05, 0.1) is 0 Å². The molecule has 8 aromatic carbocycles. The fraction of sp³-hybridized carbons (Fsp3) is 0.0698. The quantitative estimate of drug-likeness (QED) is 0.189. The van der Waals surface area contributed by atoms with E-state index in [-0.39, 0.29) is 5.41 Å². The van der Waals surface area contributed by atoms with E-state index < -0.39 is 0 Å². The van der Waals surface area contributed by atoms with Crippen molar-refractivity contribution in [2.24, 2.45) is 0 Å². The van der Waals surface area contributed by atoms with E-state index >= 15 is 0 Å². The summed E-state index contributed by atoms with van der Waals surface area (Å²) < 4.78 is 0. The molecule has 43 heavy (non-hydrogen) atoms. The van der Waals surface area contributed by atoms with Crippen LogP contribution in [-0.4, -0.2) is 0 Å². The average molecular weight is 547 g/mol. The van der Waals surface area contributed by atoms with Gasteiger partial charge in [0.15, 0.2) is 0 Å². The van der Waals surface area contributed by atoms with Gasteiger partial charge in [0.1, 0.15) is 0 Å². The minimum Gasteiger partial charge on any atom is -0.0619 e. The van der Waals surface area contributed by atoms with Gasteiger partial charge < -0.3 is 0 Å². The van der Waals surface area contributed by atoms with Crippen molar-refractivity contribution < 1.29 is 0 Å². The summed E-state index contributed by atoms with van der Waals surface area (Å²) in [4.78, 5) is 0. The molecule has 0 radical (unpaired) electrons. The van der Waals surface area contributed by atoms with E-state index in [4.69, 9.17) is 0 Å². The van der Waals surface area contributed by atoms with Crippen LogP contribution in [0.5, 0.6) is 0 Å². The van der Waals surface area contributed by atoms with Gasteiger partial charge in [-0.2, -0.15) is 0 Å². The van der Waals surface area contributed by atoms with Crippen LogP contribution in [-0.2, 0) is 5.41 Å². The number of hydrogen-bond acceptors (Lipinski definition) is 0. The maximum atomic E-state index is 2.42. The molecule has 0 fully saturated rings. The first-order chi connectivity index (χ1) is 21.1. The van der Waals surface area contributed by atoms with Crippen LogP contribution in [0, 0.1) is 0 Å². The van der Waals surface area contributed by atoms with Crippen LogP contribution in [0.15, 0.2) is 146 Å². The molecule has 0 spiro atoms. The zero-order valence-corrected chi connectivity index (χ0v) is 24.4. The van der Waals surface area contributed by atoms with Gasteiger partial charge in [0.2, 0.25) is 0 Å². The van der Waals surface area contributed by atoms with E-state index in [1.165, 1.54) is 87.6 Å². The molecule has 1 aliphatic carbocycles. The summed E-state index contributed by atoms with van der Waals surface area (Å²) in [5.74, 6) is 0. The molecule has 0 saturated carbocycles. The lowest BCUT2D eigenvalue weighted by Gasteiger charge is -2.22. The Morgan fingerprint density at radius 3 is 1.81 bits per heavy atom. The van der Waals surface area contributed by atoms with Gasteiger partial charge in [-0.3, -0.25) is 0 Å². The fourth-order valence-electron chi connectivity index (χ4n) is 7.58.